The summed E-state index contributed by atoms with van der Waals surface area (Å²) in [4.78, 5) is 41.8. The van der Waals surface area contributed by atoms with Crippen molar-refractivity contribution in [3.05, 3.63) is 63.6 Å². The molecule has 2 unspecified atom stereocenters. The summed E-state index contributed by atoms with van der Waals surface area (Å²) in [5.41, 5.74) is 0.466. The lowest BCUT2D eigenvalue weighted by molar-refractivity contribution is -0.143. The average molecular weight is 458 g/mol. The number of rotatable bonds is 3. The number of likely N-dealkylation sites (tertiary alicyclic amines) is 1. The summed E-state index contributed by atoms with van der Waals surface area (Å²) >= 11 is 12.6. The third kappa shape index (κ3) is 2.71. The molecule has 2 N–H and O–H groups in total. The van der Waals surface area contributed by atoms with Crippen LogP contribution in [0.15, 0.2) is 42.5 Å². The van der Waals surface area contributed by atoms with Crippen molar-refractivity contribution in [2.24, 2.45) is 17.8 Å². The third-order valence-electron chi connectivity index (χ3n) is 6.73. The van der Waals surface area contributed by atoms with Gasteiger partial charge in [0.1, 0.15) is 5.54 Å². The smallest absolute Gasteiger partial charge is 0.250 e. The number of carbonyl (C=O) groups excluding carboxylic acids is 3. The van der Waals surface area contributed by atoms with E-state index in [1.165, 1.54) is 4.90 Å². The van der Waals surface area contributed by atoms with E-state index in [-0.39, 0.29) is 36.2 Å². The van der Waals surface area contributed by atoms with Gasteiger partial charge in [-0.25, -0.2) is 0 Å². The molecule has 3 aliphatic rings. The second-order valence-corrected chi connectivity index (χ2v) is 9.51. The Morgan fingerprint density at radius 2 is 1.71 bits per heavy atom. The van der Waals surface area contributed by atoms with Gasteiger partial charge >= 0.3 is 0 Å². The van der Waals surface area contributed by atoms with E-state index in [4.69, 9.17) is 23.2 Å². The maximum absolute atomic E-state index is 13.7. The van der Waals surface area contributed by atoms with E-state index in [1.807, 2.05) is 19.9 Å². The molecule has 6 nitrogen and oxygen atoms in total. The molecule has 3 aliphatic heterocycles. The molecule has 160 valence electrons. The van der Waals surface area contributed by atoms with E-state index in [1.54, 1.807) is 36.4 Å². The van der Waals surface area contributed by atoms with Gasteiger partial charge in [0.15, 0.2) is 0 Å². The maximum Gasteiger partial charge on any atom is 0.250 e. The summed E-state index contributed by atoms with van der Waals surface area (Å²) in [5, 5.41) is 7.13. The van der Waals surface area contributed by atoms with Gasteiger partial charge in [-0.15, -0.1) is 0 Å². The Bertz CT molecular complexity index is 1130. The first-order valence-electron chi connectivity index (χ1n) is 10.2. The summed E-state index contributed by atoms with van der Waals surface area (Å²) in [5.74, 6) is -2.47. The number of para-hydroxylation sites is 1. The van der Waals surface area contributed by atoms with Crippen LogP contribution in [0.2, 0.25) is 10.0 Å². The van der Waals surface area contributed by atoms with Crippen LogP contribution in [-0.2, 0) is 26.5 Å². The Morgan fingerprint density at radius 1 is 1.00 bits per heavy atom. The monoisotopic (exact) mass is 457 g/mol. The summed E-state index contributed by atoms with van der Waals surface area (Å²) in [6, 6.07) is 12.0. The van der Waals surface area contributed by atoms with E-state index >= 15 is 0 Å². The first-order valence-corrected chi connectivity index (χ1v) is 11.0. The topological polar surface area (TPSA) is 78.5 Å². The minimum absolute atomic E-state index is 0.0277. The van der Waals surface area contributed by atoms with Crippen LogP contribution in [0.5, 0.6) is 0 Å². The minimum atomic E-state index is -1.33. The second-order valence-electron chi connectivity index (χ2n) is 8.70. The number of halogens is 2. The maximum atomic E-state index is 13.7. The number of benzene rings is 2. The normalized spacial score (nSPS) is 29.1. The molecule has 5 rings (SSSR count). The quantitative estimate of drug-likeness (QED) is 0.690. The molecule has 0 saturated carbocycles. The highest BCUT2D eigenvalue weighted by Crippen LogP contribution is 2.55. The molecule has 2 aromatic rings. The molecule has 0 aliphatic carbocycles. The number of hydrogen-bond donors (Lipinski definition) is 2. The van der Waals surface area contributed by atoms with E-state index in [2.05, 4.69) is 10.6 Å². The predicted molar refractivity (Wildman–Crippen MR) is 118 cm³/mol. The van der Waals surface area contributed by atoms with Crippen molar-refractivity contribution in [1.82, 2.24) is 10.2 Å². The molecule has 0 aromatic heterocycles. The SMILES string of the molecule is CC(C)C1NC2(C(=O)Nc3c(Cl)cccc32)[C@@H]2C(=O)N(Cc3ccccc3Cl)C(=O)[C@H]12. The van der Waals surface area contributed by atoms with Crippen molar-refractivity contribution in [1.29, 1.82) is 0 Å². The molecule has 3 heterocycles. The molecule has 0 bridgehead atoms. The number of nitrogens with one attached hydrogen (secondary N) is 2. The van der Waals surface area contributed by atoms with Crippen molar-refractivity contribution >= 4 is 46.6 Å². The van der Waals surface area contributed by atoms with Crippen LogP contribution in [0.3, 0.4) is 0 Å². The molecular formula is C23H21Cl2N3O3. The Balaban J connectivity index is 1.63. The fraction of sp³-hybridized carbons (Fsp3) is 0.348. The number of anilines is 1. The highest BCUT2D eigenvalue weighted by Gasteiger charge is 2.70. The molecule has 2 aromatic carbocycles. The zero-order valence-corrected chi connectivity index (χ0v) is 18.5. The lowest BCUT2D eigenvalue weighted by Gasteiger charge is -2.30. The van der Waals surface area contributed by atoms with Gasteiger partial charge in [-0.3, -0.25) is 24.6 Å². The van der Waals surface area contributed by atoms with Crippen molar-refractivity contribution in [3.8, 4) is 0 Å². The Hall–Kier alpha value is -2.41. The molecule has 1 spiro atoms. The standard InChI is InChI=1S/C23H21Cl2N3O3/c1-11(2)18-16-17(21(30)28(20(16)29)10-12-6-3-4-8-14(12)24)23(27-18)13-7-5-9-15(25)19(13)26-22(23)31/h3-9,11,16-18,27H,10H2,1-2H3,(H,26,31)/t16-,17-,18?,23?/m0/s1. The van der Waals surface area contributed by atoms with Crippen LogP contribution in [0.25, 0.3) is 0 Å². The summed E-state index contributed by atoms with van der Waals surface area (Å²) < 4.78 is 0. The van der Waals surface area contributed by atoms with Crippen LogP contribution in [-0.4, -0.2) is 28.7 Å². The molecule has 4 atom stereocenters. The van der Waals surface area contributed by atoms with Crippen molar-refractivity contribution in [2.75, 3.05) is 5.32 Å². The van der Waals surface area contributed by atoms with Crippen LogP contribution in [0.4, 0.5) is 5.69 Å². The van der Waals surface area contributed by atoms with Crippen LogP contribution >= 0.6 is 23.2 Å². The predicted octanol–water partition coefficient (Wildman–Crippen LogP) is 3.57. The molecule has 2 fully saturated rings. The van der Waals surface area contributed by atoms with E-state index in [0.717, 1.165) is 0 Å². The van der Waals surface area contributed by atoms with Gasteiger partial charge in [0.25, 0.3) is 0 Å². The molecule has 3 amide bonds. The molecule has 0 radical (unpaired) electrons. The Morgan fingerprint density at radius 3 is 2.42 bits per heavy atom. The fourth-order valence-corrected chi connectivity index (χ4v) is 5.73. The molecule has 31 heavy (non-hydrogen) atoms. The zero-order chi connectivity index (χ0) is 22.1. The second kappa shape index (κ2) is 7.05. The van der Waals surface area contributed by atoms with Crippen LogP contribution in [0.1, 0.15) is 25.0 Å². The number of amides is 3. The Kier molecular flexibility index (Phi) is 4.66. The van der Waals surface area contributed by atoms with Crippen molar-refractivity contribution < 1.29 is 14.4 Å². The summed E-state index contributed by atoms with van der Waals surface area (Å²) in [6.07, 6.45) is 0. The number of hydrogen-bond acceptors (Lipinski definition) is 4. The molecular weight excluding hydrogens is 437 g/mol. The lowest BCUT2D eigenvalue weighted by atomic mass is 9.76. The van der Waals surface area contributed by atoms with Crippen molar-refractivity contribution in [2.45, 2.75) is 32.0 Å². The van der Waals surface area contributed by atoms with E-state index in [9.17, 15) is 14.4 Å². The van der Waals surface area contributed by atoms with E-state index in [0.29, 0.717) is 26.9 Å². The average Bonchev–Trinajstić information content (AvgIpc) is 3.32. The zero-order valence-electron chi connectivity index (χ0n) is 17.0. The first-order chi connectivity index (χ1) is 14.8. The van der Waals surface area contributed by atoms with Gasteiger partial charge in [0.05, 0.1) is 29.1 Å². The van der Waals surface area contributed by atoms with Gasteiger partial charge in [0.2, 0.25) is 17.7 Å². The van der Waals surface area contributed by atoms with Gasteiger partial charge in [-0.05, 0) is 23.6 Å². The molecule has 2 saturated heterocycles. The number of carbonyl (C=O) groups is 3. The van der Waals surface area contributed by atoms with Crippen LogP contribution < -0.4 is 10.6 Å². The lowest BCUT2D eigenvalue weighted by Crippen LogP contribution is -2.53. The minimum Gasteiger partial charge on any atom is -0.323 e. The first kappa shape index (κ1) is 20.5. The van der Waals surface area contributed by atoms with Gasteiger partial charge in [0, 0.05) is 16.6 Å². The summed E-state index contributed by atoms with van der Waals surface area (Å²) in [7, 11) is 0. The Labute approximate surface area is 189 Å². The number of fused-ring (bicyclic) bond motifs is 4. The van der Waals surface area contributed by atoms with Crippen LogP contribution in [0, 0.1) is 17.8 Å². The van der Waals surface area contributed by atoms with Gasteiger partial charge in [-0.1, -0.05) is 67.4 Å². The van der Waals surface area contributed by atoms with Crippen molar-refractivity contribution in [3.63, 3.8) is 0 Å². The third-order valence-corrected chi connectivity index (χ3v) is 7.41. The van der Waals surface area contributed by atoms with Gasteiger partial charge < -0.3 is 5.32 Å². The van der Waals surface area contributed by atoms with E-state index < -0.39 is 17.4 Å². The summed E-state index contributed by atoms with van der Waals surface area (Å²) in [6.45, 7) is 4.04. The highest BCUT2D eigenvalue weighted by atomic mass is 35.5. The van der Waals surface area contributed by atoms with Gasteiger partial charge in [-0.2, -0.15) is 0 Å². The highest BCUT2D eigenvalue weighted by molar-refractivity contribution is 6.35. The largest absolute Gasteiger partial charge is 0.323 e. The fourth-order valence-electron chi connectivity index (χ4n) is 5.31. The number of nitrogens with zero attached hydrogens (tertiary/aromatic N) is 1. The number of imide groups is 1. The molecule has 8 heteroatoms.